The fourth-order valence-electron chi connectivity index (χ4n) is 4.08. The highest BCUT2D eigenvalue weighted by Gasteiger charge is 2.29. The van der Waals surface area contributed by atoms with E-state index in [4.69, 9.17) is 9.47 Å². The molecule has 2 aromatic rings. The van der Waals surface area contributed by atoms with Gasteiger partial charge in [0, 0.05) is 12.8 Å². The van der Waals surface area contributed by atoms with E-state index < -0.39 is 12.1 Å². The summed E-state index contributed by atoms with van der Waals surface area (Å²) in [7, 11) is 0. The van der Waals surface area contributed by atoms with Crippen molar-refractivity contribution in [3.63, 3.8) is 0 Å². The second-order valence-electron chi connectivity index (χ2n) is 7.99. The minimum absolute atomic E-state index is 0.0549. The molecule has 1 saturated carbocycles. The van der Waals surface area contributed by atoms with E-state index in [1.807, 2.05) is 26.0 Å². The number of aryl methyl sites for hydroxylation is 1. The van der Waals surface area contributed by atoms with Crippen LogP contribution in [0, 0.1) is 12.8 Å². The maximum atomic E-state index is 13.3. The van der Waals surface area contributed by atoms with Gasteiger partial charge >= 0.3 is 5.97 Å². The molecule has 0 saturated heterocycles. The van der Waals surface area contributed by atoms with Crippen molar-refractivity contribution in [3.05, 3.63) is 46.5 Å². The number of thiazole rings is 1. The molecule has 1 fully saturated rings. The van der Waals surface area contributed by atoms with Crippen LogP contribution in [-0.2, 0) is 19.1 Å². The SMILES string of the molecule is CCOC(=O)C(OCC)c1cnc(NC(=O)C(CC2CCCC2)c2ccc(C)cc2)s1. The normalized spacial score (nSPS) is 16.1. The fraction of sp³-hybridized carbons (Fsp3) is 0.542. The number of ether oxygens (including phenoxy) is 2. The van der Waals surface area contributed by atoms with E-state index in [0.717, 1.165) is 12.0 Å². The molecule has 1 heterocycles. The number of anilines is 1. The number of esters is 1. The molecule has 31 heavy (non-hydrogen) atoms. The van der Waals surface area contributed by atoms with E-state index in [-0.39, 0.29) is 18.4 Å². The van der Waals surface area contributed by atoms with Gasteiger partial charge in [-0.25, -0.2) is 9.78 Å². The summed E-state index contributed by atoms with van der Waals surface area (Å²) in [6.45, 7) is 6.29. The van der Waals surface area contributed by atoms with Crippen molar-refractivity contribution in [1.29, 1.82) is 0 Å². The van der Waals surface area contributed by atoms with Gasteiger partial charge in [-0.1, -0.05) is 66.8 Å². The molecule has 2 unspecified atom stereocenters. The summed E-state index contributed by atoms with van der Waals surface area (Å²) in [5.74, 6) is -0.135. The highest BCUT2D eigenvalue weighted by atomic mass is 32.1. The second kappa shape index (κ2) is 11.4. The van der Waals surface area contributed by atoms with Crippen LogP contribution in [0.25, 0.3) is 0 Å². The third kappa shape index (κ3) is 6.37. The van der Waals surface area contributed by atoms with Crippen molar-refractivity contribution >= 4 is 28.3 Å². The van der Waals surface area contributed by atoms with Crippen LogP contribution in [0.3, 0.4) is 0 Å². The maximum Gasteiger partial charge on any atom is 0.340 e. The molecule has 168 valence electrons. The van der Waals surface area contributed by atoms with Crippen molar-refractivity contribution < 1.29 is 19.1 Å². The lowest BCUT2D eigenvalue weighted by molar-refractivity contribution is -0.156. The number of nitrogens with one attached hydrogen (secondary N) is 1. The summed E-state index contributed by atoms with van der Waals surface area (Å²) in [6.07, 6.45) is 6.47. The quantitative estimate of drug-likeness (QED) is 0.497. The smallest absolute Gasteiger partial charge is 0.340 e. The highest BCUT2D eigenvalue weighted by molar-refractivity contribution is 7.15. The van der Waals surface area contributed by atoms with Crippen LogP contribution >= 0.6 is 11.3 Å². The summed E-state index contributed by atoms with van der Waals surface area (Å²) < 4.78 is 10.7. The van der Waals surface area contributed by atoms with E-state index in [1.165, 1.54) is 42.6 Å². The number of carbonyl (C=O) groups excluding carboxylic acids is 2. The average molecular weight is 445 g/mol. The van der Waals surface area contributed by atoms with Crippen molar-refractivity contribution in [2.24, 2.45) is 5.92 Å². The molecule has 1 amide bonds. The van der Waals surface area contributed by atoms with Crippen LogP contribution in [0.5, 0.6) is 0 Å². The molecule has 2 atom stereocenters. The van der Waals surface area contributed by atoms with E-state index in [1.54, 1.807) is 13.1 Å². The Morgan fingerprint density at radius 3 is 2.52 bits per heavy atom. The maximum absolute atomic E-state index is 13.3. The molecular weight excluding hydrogens is 412 g/mol. The van der Waals surface area contributed by atoms with Gasteiger partial charge in [0.25, 0.3) is 0 Å². The first-order chi connectivity index (χ1) is 15.0. The summed E-state index contributed by atoms with van der Waals surface area (Å²) >= 11 is 1.25. The zero-order chi connectivity index (χ0) is 22.2. The Labute approximate surface area is 188 Å². The summed E-state index contributed by atoms with van der Waals surface area (Å²) in [4.78, 5) is 30.4. The lowest BCUT2D eigenvalue weighted by Crippen LogP contribution is -2.23. The van der Waals surface area contributed by atoms with Crippen molar-refractivity contribution in [1.82, 2.24) is 4.98 Å². The first-order valence-corrected chi connectivity index (χ1v) is 11.9. The Kier molecular flexibility index (Phi) is 8.60. The van der Waals surface area contributed by atoms with Gasteiger partial charge in [-0.15, -0.1) is 0 Å². The first kappa shape index (κ1) is 23.4. The third-order valence-corrected chi connectivity index (χ3v) is 6.64. The van der Waals surface area contributed by atoms with Gasteiger partial charge in [-0.3, -0.25) is 4.79 Å². The molecule has 0 bridgehead atoms. The topological polar surface area (TPSA) is 77.5 Å². The number of carbonyl (C=O) groups is 2. The molecule has 1 aliphatic rings. The Morgan fingerprint density at radius 2 is 1.87 bits per heavy atom. The summed E-state index contributed by atoms with van der Waals surface area (Å²) in [5.41, 5.74) is 2.21. The third-order valence-electron chi connectivity index (χ3n) is 5.69. The molecular formula is C24H32N2O4S. The van der Waals surface area contributed by atoms with Crippen LogP contribution in [-0.4, -0.2) is 30.1 Å². The average Bonchev–Trinajstić information content (AvgIpc) is 3.43. The van der Waals surface area contributed by atoms with Crippen LogP contribution in [0.4, 0.5) is 5.13 Å². The van der Waals surface area contributed by atoms with Gasteiger partial charge < -0.3 is 14.8 Å². The number of benzene rings is 1. The van der Waals surface area contributed by atoms with E-state index in [2.05, 4.69) is 22.4 Å². The zero-order valence-corrected chi connectivity index (χ0v) is 19.4. The van der Waals surface area contributed by atoms with E-state index >= 15 is 0 Å². The lowest BCUT2D eigenvalue weighted by Gasteiger charge is -2.20. The standard InChI is InChI=1S/C24H32N2O4S/c1-4-29-21(23(28)30-5-2)20-15-25-24(31-20)26-22(27)19(14-17-8-6-7-9-17)18-12-10-16(3)11-13-18/h10-13,15,17,19,21H,4-9,14H2,1-3H3,(H,25,26,27). The van der Waals surface area contributed by atoms with E-state index in [0.29, 0.717) is 22.5 Å². The molecule has 1 N–H and O–H groups in total. The minimum atomic E-state index is -0.820. The Morgan fingerprint density at radius 1 is 1.16 bits per heavy atom. The van der Waals surface area contributed by atoms with Gasteiger partial charge in [0.05, 0.1) is 17.4 Å². The van der Waals surface area contributed by atoms with Gasteiger partial charge in [0.15, 0.2) is 11.2 Å². The first-order valence-electron chi connectivity index (χ1n) is 11.1. The lowest BCUT2D eigenvalue weighted by atomic mass is 9.87. The van der Waals surface area contributed by atoms with Gasteiger partial charge in [0.2, 0.25) is 5.91 Å². The molecule has 6 nitrogen and oxygen atoms in total. The highest BCUT2D eigenvalue weighted by Crippen LogP contribution is 2.35. The number of aromatic nitrogens is 1. The van der Waals surface area contributed by atoms with Crippen LogP contribution < -0.4 is 5.32 Å². The van der Waals surface area contributed by atoms with Crippen molar-refractivity contribution in [2.45, 2.75) is 64.9 Å². The van der Waals surface area contributed by atoms with Crippen LogP contribution in [0.2, 0.25) is 0 Å². The molecule has 1 aromatic heterocycles. The number of hydrogen-bond donors (Lipinski definition) is 1. The molecule has 0 spiro atoms. The largest absolute Gasteiger partial charge is 0.464 e. The Hall–Kier alpha value is -2.25. The van der Waals surface area contributed by atoms with Crippen molar-refractivity contribution in [2.75, 3.05) is 18.5 Å². The monoisotopic (exact) mass is 444 g/mol. The minimum Gasteiger partial charge on any atom is -0.464 e. The van der Waals surface area contributed by atoms with Gasteiger partial charge in [-0.2, -0.15) is 0 Å². The Balaban J connectivity index is 1.75. The molecule has 0 radical (unpaired) electrons. The number of nitrogens with zero attached hydrogens (tertiary/aromatic N) is 1. The molecule has 0 aliphatic heterocycles. The van der Waals surface area contributed by atoms with Crippen LogP contribution in [0.1, 0.15) is 74.0 Å². The molecule has 3 rings (SSSR count). The van der Waals surface area contributed by atoms with Gasteiger partial charge in [-0.05, 0) is 38.7 Å². The predicted octanol–water partition coefficient (Wildman–Crippen LogP) is 5.39. The Bertz CT molecular complexity index is 859. The molecule has 7 heteroatoms. The fourth-order valence-corrected chi connectivity index (χ4v) is 4.94. The number of amides is 1. The number of hydrogen-bond acceptors (Lipinski definition) is 6. The number of rotatable bonds is 10. The van der Waals surface area contributed by atoms with Crippen molar-refractivity contribution in [3.8, 4) is 0 Å². The summed E-state index contributed by atoms with van der Waals surface area (Å²) in [5, 5.41) is 3.45. The van der Waals surface area contributed by atoms with Crippen LogP contribution in [0.15, 0.2) is 30.5 Å². The zero-order valence-electron chi connectivity index (χ0n) is 18.6. The summed E-state index contributed by atoms with van der Waals surface area (Å²) in [6, 6.07) is 8.21. The molecule has 1 aliphatic carbocycles. The van der Waals surface area contributed by atoms with E-state index in [9.17, 15) is 9.59 Å². The second-order valence-corrected chi connectivity index (χ2v) is 9.06. The molecule has 1 aromatic carbocycles. The predicted molar refractivity (Wildman–Crippen MR) is 122 cm³/mol. The van der Waals surface area contributed by atoms with Gasteiger partial charge in [0.1, 0.15) is 0 Å².